The Morgan fingerprint density at radius 3 is 1.62 bits per heavy atom. The monoisotopic (exact) mass is 628 g/mol. The summed E-state index contributed by atoms with van der Waals surface area (Å²) >= 11 is 0. The van der Waals surface area contributed by atoms with Crippen LogP contribution in [-0.2, 0) is 47.7 Å². The predicted octanol–water partition coefficient (Wildman–Crippen LogP) is 2.96. The molecule has 2 rings (SSSR count). The molecule has 0 spiro atoms. The second-order valence-corrected chi connectivity index (χ2v) is 9.80. The Kier molecular flexibility index (Phi) is 13.6. The fourth-order valence-electron chi connectivity index (χ4n) is 4.21. The van der Waals surface area contributed by atoms with Crippen molar-refractivity contribution in [2.45, 2.75) is 65.8 Å². The van der Waals surface area contributed by atoms with Crippen molar-refractivity contribution in [2.24, 2.45) is 5.11 Å². The topological polar surface area (TPSA) is 202 Å². The van der Waals surface area contributed by atoms with E-state index in [9.17, 15) is 34.0 Å². The molecule has 4 unspecified atom stereocenters. The molecule has 0 aliphatic rings. The summed E-state index contributed by atoms with van der Waals surface area (Å²) in [6.07, 6.45) is -2.25. The van der Waals surface area contributed by atoms with Gasteiger partial charge in [0.05, 0.1) is 0 Å². The van der Waals surface area contributed by atoms with Crippen molar-refractivity contribution in [3.05, 3.63) is 64.9 Å². The summed E-state index contributed by atoms with van der Waals surface area (Å²) < 4.78 is 21.0. The van der Waals surface area contributed by atoms with E-state index in [1.807, 2.05) is 0 Å². The molecule has 2 aromatic carbocycles. The minimum atomic E-state index is -1.19. The first-order valence-electron chi connectivity index (χ1n) is 13.7. The van der Waals surface area contributed by atoms with Crippen LogP contribution in [0.4, 0.5) is 11.4 Å². The van der Waals surface area contributed by atoms with Crippen LogP contribution in [0.15, 0.2) is 53.6 Å². The number of nitrogens with one attached hydrogen (secondary N) is 2. The van der Waals surface area contributed by atoms with Gasteiger partial charge in [-0.1, -0.05) is 23.1 Å². The first-order valence-corrected chi connectivity index (χ1v) is 13.7. The summed E-state index contributed by atoms with van der Waals surface area (Å²) in [6.45, 7) is 6.61. The number of hydrogen-bond acceptors (Lipinski definition) is 12. The van der Waals surface area contributed by atoms with Crippen LogP contribution < -0.4 is 10.6 Å². The zero-order valence-electron chi connectivity index (χ0n) is 25.7. The van der Waals surface area contributed by atoms with E-state index < -0.39 is 60.0 Å². The van der Waals surface area contributed by atoms with E-state index in [1.54, 1.807) is 18.2 Å². The lowest BCUT2D eigenvalue weighted by Crippen LogP contribution is -2.43. The van der Waals surface area contributed by atoms with Gasteiger partial charge in [-0.05, 0) is 23.8 Å². The summed E-state index contributed by atoms with van der Waals surface area (Å²) in [7, 11) is 0. The number of nitrogens with zero attached hydrogens (tertiary/aromatic N) is 2. The lowest BCUT2D eigenvalue weighted by atomic mass is 10.0. The Balaban J connectivity index is 2.50. The molecule has 0 aromatic heterocycles. The van der Waals surface area contributed by atoms with E-state index in [-0.39, 0.29) is 30.2 Å². The number of ether oxygens (including phenoxy) is 4. The third-order valence-electron chi connectivity index (χ3n) is 5.91. The number of esters is 4. The van der Waals surface area contributed by atoms with Gasteiger partial charge in [-0.2, -0.15) is 0 Å². The van der Waals surface area contributed by atoms with Crippen molar-refractivity contribution in [1.82, 2.24) is 10.6 Å². The SMILES string of the molecule is CC(=O)NC(COC(C)=O)C(OC(C)=O)c1ccc([N+]([O-])=Nc2ccccc2C(OC(C)=O)C(COC(C)=O)NC(C)=O)cc1. The average molecular weight is 629 g/mol. The molecule has 0 saturated carbocycles. The van der Waals surface area contributed by atoms with E-state index in [0.29, 0.717) is 10.4 Å². The lowest BCUT2D eigenvalue weighted by molar-refractivity contribution is -0.435. The van der Waals surface area contributed by atoms with Gasteiger partial charge in [-0.15, -0.1) is 0 Å². The number of hydrogen-bond donors (Lipinski definition) is 2. The van der Waals surface area contributed by atoms with Gasteiger partial charge in [-0.25, -0.2) is 0 Å². The standard InChI is InChI=1S/C30H36N4O11/c1-17(35)31-27(15-42-19(3)37)29(44-21(5)39)23-11-13-24(14-12-23)34(41)33-26-10-8-7-9-25(26)30(45-22(6)40)28(32-18(2)36)16-43-20(4)38/h7-14,27-30H,15-16H2,1-6H3,(H,31,35)(H,32,36). The molecule has 0 bridgehead atoms. The van der Waals surface area contributed by atoms with Crippen LogP contribution in [0.2, 0.25) is 0 Å². The minimum Gasteiger partial charge on any atom is -0.594 e. The lowest BCUT2D eigenvalue weighted by Gasteiger charge is -2.27. The smallest absolute Gasteiger partial charge is 0.303 e. The average Bonchev–Trinajstić information content (AvgIpc) is 2.95. The van der Waals surface area contributed by atoms with Crippen LogP contribution in [0.5, 0.6) is 0 Å². The summed E-state index contributed by atoms with van der Waals surface area (Å²) in [5.41, 5.74) is 0.765. The normalized spacial score (nSPS) is 13.7. The molecule has 0 fully saturated rings. The van der Waals surface area contributed by atoms with Crippen LogP contribution in [0.1, 0.15) is 64.9 Å². The number of carbonyl (C=O) groups is 6. The fourth-order valence-corrected chi connectivity index (χ4v) is 4.21. The fraction of sp³-hybridized carbons (Fsp3) is 0.400. The van der Waals surface area contributed by atoms with Gasteiger partial charge in [0.1, 0.15) is 31.0 Å². The molecule has 2 aromatic rings. The van der Waals surface area contributed by atoms with Crippen molar-refractivity contribution in [3.8, 4) is 0 Å². The molecule has 242 valence electrons. The molecule has 0 aliphatic heterocycles. The third kappa shape index (κ3) is 12.1. The van der Waals surface area contributed by atoms with Crippen LogP contribution in [0.25, 0.3) is 0 Å². The van der Waals surface area contributed by atoms with Crippen LogP contribution in [0.3, 0.4) is 0 Å². The quantitative estimate of drug-likeness (QED) is 0.102. The third-order valence-corrected chi connectivity index (χ3v) is 5.91. The molecular formula is C30H36N4O11. The number of azo groups is 1. The highest BCUT2D eigenvalue weighted by Crippen LogP contribution is 2.32. The first kappa shape index (κ1) is 35.9. The molecule has 2 N–H and O–H groups in total. The number of benzene rings is 2. The highest BCUT2D eigenvalue weighted by Gasteiger charge is 2.32. The van der Waals surface area contributed by atoms with Crippen LogP contribution in [0, 0.1) is 5.21 Å². The molecular weight excluding hydrogens is 592 g/mol. The molecule has 15 heteroatoms. The van der Waals surface area contributed by atoms with Gasteiger partial charge >= 0.3 is 23.9 Å². The van der Waals surface area contributed by atoms with E-state index in [2.05, 4.69) is 15.7 Å². The van der Waals surface area contributed by atoms with Crippen molar-refractivity contribution < 1.29 is 52.6 Å². The number of carbonyl (C=O) groups excluding carboxylic acids is 6. The zero-order chi connectivity index (χ0) is 33.7. The van der Waals surface area contributed by atoms with Crippen molar-refractivity contribution >= 4 is 47.1 Å². The zero-order valence-corrected chi connectivity index (χ0v) is 25.7. The summed E-state index contributed by atoms with van der Waals surface area (Å²) in [4.78, 5) is 70.8. The van der Waals surface area contributed by atoms with E-state index in [1.165, 1.54) is 65.0 Å². The predicted molar refractivity (Wildman–Crippen MR) is 156 cm³/mol. The van der Waals surface area contributed by atoms with Gasteiger partial charge in [0.25, 0.3) is 0 Å². The van der Waals surface area contributed by atoms with E-state index in [4.69, 9.17) is 18.9 Å². The number of amides is 2. The van der Waals surface area contributed by atoms with Gasteiger partial charge in [0, 0.05) is 64.4 Å². The summed E-state index contributed by atoms with van der Waals surface area (Å²) in [6, 6.07) is 10.1. The highest BCUT2D eigenvalue weighted by atomic mass is 16.6. The number of rotatable bonds is 14. The Hall–Kier alpha value is -5.34. The van der Waals surface area contributed by atoms with Gasteiger partial charge in [0.2, 0.25) is 17.5 Å². The first-order chi connectivity index (χ1) is 21.2. The molecule has 0 radical (unpaired) electrons. The van der Waals surface area contributed by atoms with Gasteiger partial charge in [0.15, 0.2) is 12.2 Å². The molecule has 45 heavy (non-hydrogen) atoms. The summed E-state index contributed by atoms with van der Waals surface area (Å²) in [5.74, 6) is -3.51. The maximum atomic E-state index is 13.2. The Morgan fingerprint density at radius 1 is 0.689 bits per heavy atom. The van der Waals surface area contributed by atoms with Crippen LogP contribution >= 0.6 is 0 Å². The van der Waals surface area contributed by atoms with Gasteiger partial charge < -0.3 is 34.8 Å². The Labute approximate surface area is 259 Å². The molecule has 2 amide bonds. The maximum Gasteiger partial charge on any atom is 0.303 e. The van der Waals surface area contributed by atoms with E-state index in [0.717, 1.165) is 6.92 Å². The molecule has 0 aliphatic carbocycles. The largest absolute Gasteiger partial charge is 0.594 e. The maximum absolute atomic E-state index is 13.2. The molecule has 0 saturated heterocycles. The Bertz CT molecular complexity index is 1430. The molecule has 4 atom stereocenters. The second-order valence-electron chi connectivity index (χ2n) is 9.80. The molecule has 15 nitrogen and oxygen atoms in total. The molecule has 0 heterocycles. The minimum absolute atomic E-state index is 0.0496. The van der Waals surface area contributed by atoms with Crippen LogP contribution in [-0.4, -0.2) is 65.8 Å². The summed E-state index contributed by atoms with van der Waals surface area (Å²) in [5, 5.41) is 22.5. The van der Waals surface area contributed by atoms with Crippen molar-refractivity contribution in [2.75, 3.05) is 13.2 Å². The van der Waals surface area contributed by atoms with Crippen molar-refractivity contribution in [1.29, 1.82) is 0 Å². The van der Waals surface area contributed by atoms with Crippen molar-refractivity contribution in [3.63, 3.8) is 0 Å². The van der Waals surface area contributed by atoms with E-state index >= 15 is 0 Å². The highest BCUT2D eigenvalue weighted by molar-refractivity contribution is 5.74. The van der Waals surface area contributed by atoms with Gasteiger partial charge in [-0.3, -0.25) is 28.8 Å². The Morgan fingerprint density at radius 2 is 1.16 bits per heavy atom. The second kappa shape index (κ2) is 17.1.